The zero-order valence-corrected chi connectivity index (χ0v) is 20.0. The van der Waals surface area contributed by atoms with E-state index in [0.717, 1.165) is 41.5 Å². The van der Waals surface area contributed by atoms with Gasteiger partial charge in [0.1, 0.15) is 5.75 Å². The van der Waals surface area contributed by atoms with Gasteiger partial charge in [-0.2, -0.15) is 0 Å². The number of anilines is 2. The number of fused-ring (bicyclic) bond motifs is 1. The van der Waals surface area contributed by atoms with Gasteiger partial charge in [-0.25, -0.2) is 8.42 Å². The number of nitrogens with one attached hydrogen (secondary N) is 1. The number of benzene rings is 2. The Morgan fingerprint density at radius 2 is 1.74 bits per heavy atom. The van der Waals surface area contributed by atoms with Crippen LogP contribution in [0.15, 0.2) is 36.4 Å². The van der Waals surface area contributed by atoms with Crippen molar-refractivity contribution in [1.82, 2.24) is 0 Å². The van der Waals surface area contributed by atoms with Gasteiger partial charge >= 0.3 is 0 Å². The maximum Gasteiger partial charge on any atom is 0.267 e. The summed E-state index contributed by atoms with van der Waals surface area (Å²) in [5.41, 5.74) is 4.20. The quantitative estimate of drug-likeness (QED) is 0.747. The van der Waals surface area contributed by atoms with Crippen molar-refractivity contribution in [3.8, 4) is 5.75 Å². The summed E-state index contributed by atoms with van der Waals surface area (Å²) in [6, 6.07) is 11.5. The van der Waals surface area contributed by atoms with Gasteiger partial charge in [-0.3, -0.25) is 9.10 Å². The minimum Gasteiger partial charge on any atom is -0.476 e. The Morgan fingerprint density at radius 1 is 1.13 bits per heavy atom. The highest BCUT2D eigenvalue weighted by molar-refractivity contribution is 7.92. The molecule has 1 unspecified atom stereocenters. The van der Waals surface area contributed by atoms with E-state index in [4.69, 9.17) is 4.74 Å². The van der Waals surface area contributed by atoms with Crippen LogP contribution in [0.4, 0.5) is 11.4 Å². The molecule has 1 N–H and O–H groups in total. The Morgan fingerprint density at radius 3 is 2.26 bits per heavy atom. The molecule has 0 spiro atoms. The Balaban J connectivity index is 1.96. The second kappa shape index (κ2) is 8.54. The van der Waals surface area contributed by atoms with Crippen LogP contribution >= 0.6 is 0 Å². The topological polar surface area (TPSA) is 75.7 Å². The molecule has 3 rings (SSSR count). The molecule has 0 radical (unpaired) electrons. The summed E-state index contributed by atoms with van der Waals surface area (Å²) in [6.45, 7) is 10.2. The summed E-state index contributed by atoms with van der Waals surface area (Å²) in [4.78, 5) is 13.2. The first-order valence-corrected chi connectivity index (χ1v) is 12.5. The standard InChI is InChI=1S/C24H32N2O4S/c1-7-16-10-9-11-17(8-2)22(16)25-23(27)21-15-26(31(6,28)29)19-14-18(24(3,4)5)12-13-20(19)30-21/h9-14,21H,7-8,15H2,1-6H3,(H,25,27). The van der Waals surface area contributed by atoms with Gasteiger partial charge in [0.15, 0.2) is 6.10 Å². The van der Waals surface area contributed by atoms with Crippen molar-refractivity contribution in [2.75, 3.05) is 22.4 Å². The van der Waals surface area contributed by atoms with Gasteiger partial charge in [-0.15, -0.1) is 0 Å². The average Bonchev–Trinajstić information content (AvgIpc) is 2.71. The number of nitrogens with zero attached hydrogens (tertiary/aromatic N) is 1. The van der Waals surface area contributed by atoms with Crippen molar-refractivity contribution in [3.05, 3.63) is 53.1 Å². The molecular weight excluding hydrogens is 412 g/mol. The highest BCUT2D eigenvalue weighted by atomic mass is 32.2. The van der Waals surface area contributed by atoms with Crippen molar-refractivity contribution in [2.45, 2.75) is 59.0 Å². The van der Waals surface area contributed by atoms with Crippen LogP contribution in [-0.4, -0.2) is 33.2 Å². The first-order valence-electron chi connectivity index (χ1n) is 10.7. The van der Waals surface area contributed by atoms with Gasteiger partial charge in [0, 0.05) is 5.69 Å². The summed E-state index contributed by atoms with van der Waals surface area (Å²) in [6.07, 6.45) is 1.77. The van der Waals surface area contributed by atoms with Crippen LogP contribution < -0.4 is 14.4 Å². The van der Waals surface area contributed by atoms with E-state index in [0.29, 0.717) is 11.4 Å². The zero-order chi connectivity index (χ0) is 23.0. The smallest absolute Gasteiger partial charge is 0.267 e. The number of para-hydroxylation sites is 1. The van der Waals surface area contributed by atoms with Crippen molar-refractivity contribution >= 4 is 27.3 Å². The maximum absolute atomic E-state index is 13.2. The normalized spacial score (nSPS) is 16.5. The molecular formula is C24H32N2O4S. The first kappa shape index (κ1) is 23.1. The zero-order valence-electron chi connectivity index (χ0n) is 19.2. The van der Waals surface area contributed by atoms with Gasteiger partial charge in [0.2, 0.25) is 10.0 Å². The van der Waals surface area contributed by atoms with Gasteiger partial charge in [0.05, 0.1) is 18.5 Å². The van der Waals surface area contributed by atoms with Crippen molar-refractivity contribution in [1.29, 1.82) is 0 Å². The SMILES string of the molecule is CCc1cccc(CC)c1NC(=O)C1CN(S(C)(=O)=O)c2cc(C(C)(C)C)ccc2O1. The molecule has 0 fully saturated rings. The molecule has 6 nitrogen and oxygen atoms in total. The lowest BCUT2D eigenvalue weighted by Crippen LogP contribution is -2.48. The first-order chi connectivity index (χ1) is 14.5. The molecule has 7 heteroatoms. The van der Waals surface area contributed by atoms with E-state index < -0.39 is 16.1 Å². The fourth-order valence-corrected chi connectivity index (χ4v) is 4.68. The summed E-state index contributed by atoms with van der Waals surface area (Å²) in [5.74, 6) is 0.0408. The summed E-state index contributed by atoms with van der Waals surface area (Å²) in [5, 5.41) is 3.00. The van der Waals surface area contributed by atoms with Gasteiger partial charge in [-0.1, -0.05) is 58.9 Å². The molecule has 31 heavy (non-hydrogen) atoms. The predicted molar refractivity (Wildman–Crippen MR) is 126 cm³/mol. The fourth-order valence-electron chi connectivity index (χ4n) is 3.78. The molecule has 0 bridgehead atoms. The molecule has 1 aliphatic heterocycles. The van der Waals surface area contributed by atoms with E-state index in [1.807, 2.05) is 44.2 Å². The number of ether oxygens (including phenoxy) is 1. The molecule has 0 aromatic heterocycles. The van der Waals surface area contributed by atoms with E-state index in [2.05, 4.69) is 26.1 Å². The Hall–Kier alpha value is -2.54. The van der Waals surface area contributed by atoms with Crippen molar-refractivity contribution in [2.24, 2.45) is 0 Å². The second-order valence-electron chi connectivity index (χ2n) is 8.98. The third-order valence-electron chi connectivity index (χ3n) is 5.63. The predicted octanol–water partition coefficient (Wildman–Crippen LogP) is 4.27. The minimum atomic E-state index is -3.59. The van der Waals surface area contributed by atoms with Crippen molar-refractivity contribution < 1.29 is 17.9 Å². The lowest BCUT2D eigenvalue weighted by atomic mass is 9.86. The number of rotatable bonds is 5. The Kier molecular flexibility index (Phi) is 6.37. The number of hydrogen-bond acceptors (Lipinski definition) is 4. The molecule has 168 valence electrons. The van der Waals surface area contributed by atoms with Crippen molar-refractivity contribution in [3.63, 3.8) is 0 Å². The molecule has 0 aliphatic carbocycles. The lowest BCUT2D eigenvalue weighted by molar-refractivity contribution is -0.122. The van der Waals surface area contributed by atoms with E-state index in [-0.39, 0.29) is 17.9 Å². The molecule has 0 saturated carbocycles. The van der Waals surface area contributed by atoms with E-state index >= 15 is 0 Å². The second-order valence-corrected chi connectivity index (χ2v) is 10.9. The van der Waals surface area contributed by atoms with E-state index in [1.54, 1.807) is 6.07 Å². The van der Waals surface area contributed by atoms with Gasteiger partial charge < -0.3 is 10.1 Å². The Bertz CT molecular complexity index is 1060. The molecule has 1 heterocycles. The summed E-state index contributed by atoms with van der Waals surface area (Å²) in [7, 11) is -3.59. The van der Waals surface area contributed by atoms with Crippen LogP contribution in [0.5, 0.6) is 5.75 Å². The molecule has 1 amide bonds. The van der Waals surface area contributed by atoms with Gasteiger partial charge in [0.25, 0.3) is 5.91 Å². The summed E-state index contributed by atoms with van der Waals surface area (Å²) < 4.78 is 32.4. The number of sulfonamides is 1. The van der Waals surface area contributed by atoms with Gasteiger partial charge in [-0.05, 0) is 47.1 Å². The molecule has 1 atom stereocenters. The summed E-state index contributed by atoms with van der Waals surface area (Å²) >= 11 is 0. The number of aryl methyl sites for hydroxylation is 2. The molecule has 2 aromatic carbocycles. The molecule has 0 saturated heterocycles. The minimum absolute atomic E-state index is 0.0684. The number of carbonyl (C=O) groups is 1. The lowest BCUT2D eigenvalue weighted by Gasteiger charge is -2.35. The largest absolute Gasteiger partial charge is 0.476 e. The van der Waals surface area contributed by atoms with Crippen LogP contribution in [0.2, 0.25) is 0 Å². The molecule has 1 aliphatic rings. The highest BCUT2D eigenvalue weighted by Gasteiger charge is 2.36. The number of amides is 1. The number of carbonyl (C=O) groups excluding carboxylic acids is 1. The van der Waals surface area contributed by atoms with Crippen LogP contribution in [0.25, 0.3) is 0 Å². The third-order valence-corrected chi connectivity index (χ3v) is 6.78. The van der Waals surface area contributed by atoms with E-state index in [1.165, 1.54) is 4.31 Å². The van der Waals surface area contributed by atoms with Crippen LogP contribution in [0.1, 0.15) is 51.3 Å². The van der Waals surface area contributed by atoms with Crippen LogP contribution in [-0.2, 0) is 33.1 Å². The highest BCUT2D eigenvalue weighted by Crippen LogP contribution is 2.39. The van der Waals surface area contributed by atoms with Crippen LogP contribution in [0, 0.1) is 0 Å². The Labute approximate surface area is 185 Å². The maximum atomic E-state index is 13.2. The number of hydrogen-bond donors (Lipinski definition) is 1. The fraction of sp³-hybridized carbons (Fsp3) is 0.458. The molecule has 2 aromatic rings. The monoisotopic (exact) mass is 444 g/mol. The van der Waals surface area contributed by atoms with Crippen LogP contribution in [0.3, 0.4) is 0 Å². The third kappa shape index (κ3) is 4.87. The average molecular weight is 445 g/mol. The van der Waals surface area contributed by atoms with E-state index in [9.17, 15) is 13.2 Å².